The van der Waals surface area contributed by atoms with E-state index in [4.69, 9.17) is 0 Å². The molecule has 0 atom stereocenters. The van der Waals surface area contributed by atoms with Crippen molar-refractivity contribution < 1.29 is 0 Å². The van der Waals surface area contributed by atoms with Gasteiger partial charge in [-0.3, -0.25) is 0 Å². The van der Waals surface area contributed by atoms with Gasteiger partial charge in [-0.2, -0.15) is 0 Å². The SMILES string of the molecule is c1ccc(-c2ccc3c(c2)c2ccccc2c2cc(-c4c5ccccc5c(-c5ccc6ccccc6c5)c5ccccc45)c4ccccc4c32)cc1. The smallest absolute Gasteiger partial charge is 0.00199 e. The third-order valence-corrected chi connectivity index (χ3v) is 11.2. The van der Waals surface area contributed by atoms with Crippen LogP contribution in [0.15, 0.2) is 194 Å². The fourth-order valence-corrected chi connectivity index (χ4v) is 8.91. The van der Waals surface area contributed by atoms with E-state index in [0.29, 0.717) is 0 Å². The second kappa shape index (κ2) is 11.4. The van der Waals surface area contributed by atoms with E-state index in [0.717, 1.165) is 0 Å². The van der Waals surface area contributed by atoms with Crippen LogP contribution in [0.3, 0.4) is 0 Å². The van der Waals surface area contributed by atoms with E-state index in [1.165, 1.54) is 109 Å². The highest BCUT2D eigenvalue weighted by molar-refractivity contribution is 6.35. The van der Waals surface area contributed by atoms with Crippen molar-refractivity contribution in [1.29, 1.82) is 0 Å². The van der Waals surface area contributed by atoms with Crippen LogP contribution >= 0.6 is 0 Å². The summed E-state index contributed by atoms with van der Waals surface area (Å²) < 4.78 is 0. The summed E-state index contributed by atoms with van der Waals surface area (Å²) in [4.78, 5) is 0. The van der Waals surface area contributed by atoms with Crippen LogP contribution in [0.1, 0.15) is 0 Å². The highest BCUT2D eigenvalue weighted by Gasteiger charge is 2.21. The number of benzene rings is 11. The second-order valence-electron chi connectivity index (χ2n) is 14.0. The molecule has 0 amide bonds. The maximum atomic E-state index is 2.49. The summed E-state index contributed by atoms with van der Waals surface area (Å²) in [6, 6.07) is 71.9. The molecule has 11 rings (SSSR count). The zero-order chi connectivity index (χ0) is 34.2. The predicted molar refractivity (Wildman–Crippen MR) is 225 cm³/mol. The molecule has 0 unspecified atom stereocenters. The molecule has 0 aliphatic rings. The van der Waals surface area contributed by atoms with Gasteiger partial charge in [0.1, 0.15) is 0 Å². The van der Waals surface area contributed by atoms with Gasteiger partial charge < -0.3 is 0 Å². The first kappa shape index (κ1) is 29.0. The third kappa shape index (κ3) is 4.28. The van der Waals surface area contributed by atoms with Gasteiger partial charge in [-0.05, 0) is 127 Å². The Labute approximate surface area is 301 Å². The molecule has 0 aliphatic heterocycles. The average molecular weight is 657 g/mol. The second-order valence-corrected chi connectivity index (χ2v) is 14.0. The fourth-order valence-electron chi connectivity index (χ4n) is 8.91. The molecule has 0 radical (unpaired) electrons. The normalized spacial score (nSPS) is 11.8. The molecule has 52 heavy (non-hydrogen) atoms. The molecule has 0 spiro atoms. The van der Waals surface area contributed by atoms with Gasteiger partial charge in [0.15, 0.2) is 0 Å². The Morgan fingerprint density at radius 1 is 0.212 bits per heavy atom. The monoisotopic (exact) mass is 656 g/mol. The van der Waals surface area contributed by atoms with E-state index >= 15 is 0 Å². The largest absolute Gasteiger partial charge is 0.0622 e. The zero-order valence-corrected chi connectivity index (χ0v) is 28.5. The van der Waals surface area contributed by atoms with E-state index in [9.17, 15) is 0 Å². The molecule has 0 heterocycles. The summed E-state index contributed by atoms with van der Waals surface area (Å²) in [6.07, 6.45) is 0. The number of rotatable bonds is 3. The molecule has 0 aliphatic carbocycles. The summed E-state index contributed by atoms with van der Waals surface area (Å²) in [7, 11) is 0. The highest BCUT2D eigenvalue weighted by atomic mass is 14.2. The lowest BCUT2D eigenvalue weighted by molar-refractivity contribution is 1.65. The lowest BCUT2D eigenvalue weighted by atomic mass is 9.82. The van der Waals surface area contributed by atoms with Gasteiger partial charge in [-0.25, -0.2) is 0 Å². The van der Waals surface area contributed by atoms with Crippen LogP contribution in [-0.4, -0.2) is 0 Å². The third-order valence-electron chi connectivity index (χ3n) is 11.2. The van der Waals surface area contributed by atoms with Crippen molar-refractivity contribution in [3.63, 3.8) is 0 Å². The van der Waals surface area contributed by atoms with E-state index in [2.05, 4.69) is 194 Å². The van der Waals surface area contributed by atoms with Crippen LogP contribution in [0.5, 0.6) is 0 Å². The number of hydrogen-bond acceptors (Lipinski definition) is 0. The lowest BCUT2D eigenvalue weighted by Gasteiger charge is -2.21. The van der Waals surface area contributed by atoms with Crippen molar-refractivity contribution in [1.82, 2.24) is 0 Å². The van der Waals surface area contributed by atoms with E-state index in [-0.39, 0.29) is 0 Å². The van der Waals surface area contributed by atoms with Crippen molar-refractivity contribution in [3.05, 3.63) is 194 Å². The first-order valence-corrected chi connectivity index (χ1v) is 18.1. The molecule has 11 aromatic carbocycles. The van der Waals surface area contributed by atoms with Crippen LogP contribution < -0.4 is 0 Å². The molecule has 0 aromatic heterocycles. The van der Waals surface area contributed by atoms with Gasteiger partial charge in [0.2, 0.25) is 0 Å². The van der Waals surface area contributed by atoms with Gasteiger partial charge in [0.05, 0.1) is 0 Å². The Bertz CT molecular complexity index is 3170. The van der Waals surface area contributed by atoms with Crippen molar-refractivity contribution in [3.8, 4) is 33.4 Å². The minimum Gasteiger partial charge on any atom is -0.0622 e. The lowest BCUT2D eigenvalue weighted by Crippen LogP contribution is -1.93. The average Bonchev–Trinajstić information content (AvgIpc) is 3.22. The van der Waals surface area contributed by atoms with Gasteiger partial charge in [-0.1, -0.05) is 176 Å². The van der Waals surface area contributed by atoms with E-state index < -0.39 is 0 Å². The van der Waals surface area contributed by atoms with Gasteiger partial charge in [0, 0.05) is 0 Å². The van der Waals surface area contributed by atoms with Crippen LogP contribution in [0.2, 0.25) is 0 Å². The van der Waals surface area contributed by atoms with E-state index in [1.54, 1.807) is 0 Å². The first-order valence-electron chi connectivity index (χ1n) is 18.1. The Kier molecular flexibility index (Phi) is 6.35. The Balaban J connectivity index is 1.28. The Hall–Kier alpha value is -6.76. The van der Waals surface area contributed by atoms with Crippen molar-refractivity contribution in [2.45, 2.75) is 0 Å². The standard InChI is InChI=1S/C52H32/c1-2-14-33(15-3-1)36-28-29-46-47(31-36)38-18-6-7-19-39(38)48-32-49(40-20-8-9-21-41(40)51(46)48)52-44-24-12-10-22-42(44)50(43-23-11-13-25-45(43)52)37-27-26-34-16-4-5-17-35(34)30-37/h1-32H. The summed E-state index contributed by atoms with van der Waals surface area (Å²) in [5.74, 6) is 0. The van der Waals surface area contributed by atoms with Gasteiger partial charge >= 0.3 is 0 Å². The van der Waals surface area contributed by atoms with E-state index in [1.807, 2.05) is 0 Å². The number of fused-ring (bicyclic) bond motifs is 11. The molecule has 0 saturated heterocycles. The highest BCUT2D eigenvalue weighted by Crippen LogP contribution is 2.49. The molecule has 0 nitrogen and oxygen atoms in total. The molecule has 0 heteroatoms. The van der Waals surface area contributed by atoms with Gasteiger partial charge in [-0.15, -0.1) is 0 Å². The van der Waals surface area contributed by atoms with Crippen LogP contribution in [0.25, 0.3) is 109 Å². The minimum atomic E-state index is 1.24. The van der Waals surface area contributed by atoms with Crippen molar-refractivity contribution in [2.75, 3.05) is 0 Å². The quantitative estimate of drug-likeness (QED) is 0.131. The topological polar surface area (TPSA) is 0 Å². The Morgan fingerprint density at radius 3 is 1.40 bits per heavy atom. The summed E-state index contributed by atoms with van der Waals surface area (Å²) in [5, 5.41) is 17.9. The molecular weight excluding hydrogens is 625 g/mol. The molecule has 0 bridgehead atoms. The summed E-state index contributed by atoms with van der Waals surface area (Å²) in [5.41, 5.74) is 7.57. The van der Waals surface area contributed by atoms with Crippen LogP contribution in [-0.2, 0) is 0 Å². The summed E-state index contributed by atoms with van der Waals surface area (Å²) >= 11 is 0. The predicted octanol–water partition coefficient (Wildman–Crippen LogP) is 14.8. The Morgan fingerprint density at radius 2 is 0.712 bits per heavy atom. The van der Waals surface area contributed by atoms with Crippen LogP contribution in [0, 0.1) is 0 Å². The molecule has 0 saturated carbocycles. The maximum Gasteiger partial charge on any atom is -0.00199 e. The molecule has 240 valence electrons. The van der Waals surface area contributed by atoms with Crippen molar-refractivity contribution >= 4 is 75.4 Å². The maximum absolute atomic E-state index is 2.49. The molecule has 0 fully saturated rings. The molecule has 11 aromatic rings. The summed E-state index contributed by atoms with van der Waals surface area (Å²) in [6.45, 7) is 0. The fraction of sp³-hybridized carbons (Fsp3) is 0. The van der Waals surface area contributed by atoms with Gasteiger partial charge in [0.25, 0.3) is 0 Å². The minimum absolute atomic E-state index is 1.24. The zero-order valence-electron chi connectivity index (χ0n) is 28.5. The number of hydrogen-bond donors (Lipinski definition) is 0. The van der Waals surface area contributed by atoms with Crippen LogP contribution in [0.4, 0.5) is 0 Å². The first-order chi connectivity index (χ1) is 25.8. The molecular formula is C52H32. The van der Waals surface area contributed by atoms with Crippen molar-refractivity contribution in [2.24, 2.45) is 0 Å². The molecule has 0 N–H and O–H groups in total.